The molecule has 0 N–H and O–H groups in total. The highest BCUT2D eigenvalue weighted by Gasteiger charge is 2.38. The zero-order valence-electron chi connectivity index (χ0n) is 11.4. The van der Waals surface area contributed by atoms with Crippen LogP contribution in [0.4, 0.5) is 0 Å². The standard InChI is InChI=1S/C15H21NSi/c1-15(2,3)17(4,5)14(12-16)11-13-9-7-6-8-10-13/h6-11H,1-5H3/b14-11+. The average molecular weight is 243 g/mol. The summed E-state index contributed by atoms with van der Waals surface area (Å²) >= 11 is 0. The van der Waals surface area contributed by atoms with Crippen molar-refractivity contribution in [1.82, 2.24) is 0 Å². The van der Waals surface area contributed by atoms with Crippen molar-refractivity contribution in [1.29, 1.82) is 5.26 Å². The van der Waals surface area contributed by atoms with Crippen LogP contribution < -0.4 is 0 Å². The molecule has 0 aliphatic heterocycles. The van der Waals surface area contributed by atoms with Crippen LogP contribution in [0, 0.1) is 11.3 Å². The van der Waals surface area contributed by atoms with Gasteiger partial charge in [0, 0.05) is 5.20 Å². The number of hydrogen-bond acceptors (Lipinski definition) is 1. The van der Waals surface area contributed by atoms with Gasteiger partial charge in [0.25, 0.3) is 0 Å². The van der Waals surface area contributed by atoms with Gasteiger partial charge in [0.1, 0.15) is 0 Å². The maximum atomic E-state index is 9.40. The third kappa shape index (κ3) is 3.07. The van der Waals surface area contributed by atoms with Gasteiger partial charge in [-0.25, -0.2) is 0 Å². The maximum Gasteiger partial charge on any atom is 0.0995 e. The van der Waals surface area contributed by atoms with Crippen molar-refractivity contribution in [2.45, 2.75) is 38.9 Å². The minimum absolute atomic E-state index is 0.198. The highest BCUT2D eigenvalue weighted by atomic mass is 28.3. The number of allylic oxidation sites excluding steroid dienone is 1. The molecule has 0 atom stereocenters. The van der Waals surface area contributed by atoms with Gasteiger partial charge in [-0.05, 0) is 16.7 Å². The van der Waals surface area contributed by atoms with E-state index >= 15 is 0 Å². The molecule has 0 spiro atoms. The van der Waals surface area contributed by atoms with Gasteiger partial charge in [-0.3, -0.25) is 0 Å². The number of nitrogens with zero attached hydrogens (tertiary/aromatic N) is 1. The van der Waals surface area contributed by atoms with E-state index in [9.17, 15) is 5.26 Å². The van der Waals surface area contributed by atoms with Crippen molar-refractivity contribution in [3.63, 3.8) is 0 Å². The van der Waals surface area contributed by atoms with Crippen molar-refractivity contribution >= 4 is 14.1 Å². The Balaban J connectivity index is 3.19. The maximum absolute atomic E-state index is 9.40. The molecule has 0 fully saturated rings. The fourth-order valence-electron chi connectivity index (χ4n) is 1.47. The SMILES string of the molecule is CC(C)(C)[Si](C)(C)/C(C#N)=C/c1ccccc1. The van der Waals surface area contributed by atoms with Gasteiger partial charge in [-0.1, -0.05) is 64.2 Å². The summed E-state index contributed by atoms with van der Waals surface area (Å²) in [6.45, 7) is 11.2. The summed E-state index contributed by atoms with van der Waals surface area (Å²) in [7, 11) is -1.72. The first-order valence-corrected chi connectivity index (χ1v) is 8.96. The first-order chi connectivity index (χ1) is 7.79. The van der Waals surface area contributed by atoms with Crippen molar-refractivity contribution in [2.24, 2.45) is 0 Å². The molecule has 0 saturated heterocycles. The molecule has 1 aromatic carbocycles. The normalized spacial score (nSPS) is 13.3. The quantitative estimate of drug-likeness (QED) is 0.548. The highest BCUT2D eigenvalue weighted by molar-refractivity contribution is 6.88. The summed E-state index contributed by atoms with van der Waals surface area (Å²) in [4.78, 5) is 0. The number of hydrogen-bond donors (Lipinski definition) is 0. The molecular weight excluding hydrogens is 222 g/mol. The molecule has 2 heteroatoms. The molecular formula is C15H21NSi. The second-order valence-corrected chi connectivity index (χ2v) is 11.2. The lowest BCUT2D eigenvalue weighted by Crippen LogP contribution is -2.39. The van der Waals surface area contributed by atoms with Crippen molar-refractivity contribution in [3.8, 4) is 6.07 Å². The van der Waals surface area contributed by atoms with Crippen molar-refractivity contribution in [3.05, 3.63) is 41.1 Å². The van der Waals surface area contributed by atoms with Gasteiger partial charge >= 0.3 is 0 Å². The molecule has 17 heavy (non-hydrogen) atoms. The molecule has 0 aromatic heterocycles. The van der Waals surface area contributed by atoms with Crippen LogP contribution in [-0.2, 0) is 0 Å². The Morgan fingerprint density at radius 3 is 2.12 bits per heavy atom. The minimum Gasteiger partial charge on any atom is -0.193 e. The molecule has 1 nitrogen and oxygen atoms in total. The second kappa shape index (κ2) is 4.89. The predicted molar refractivity (Wildman–Crippen MR) is 77.2 cm³/mol. The van der Waals surface area contributed by atoms with Gasteiger partial charge in [-0.2, -0.15) is 5.26 Å². The Labute approximate surface area is 106 Å². The number of nitriles is 1. The highest BCUT2D eigenvalue weighted by Crippen LogP contribution is 2.40. The first-order valence-electron chi connectivity index (χ1n) is 5.96. The van der Waals surface area contributed by atoms with Crippen LogP contribution in [0.15, 0.2) is 35.5 Å². The van der Waals surface area contributed by atoms with E-state index in [1.807, 2.05) is 30.3 Å². The van der Waals surface area contributed by atoms with Gasteiger partial charge in [0.2, 0.25) is 0 Å². The predicted octanol–water partition coefficient (Wildman–Crippen LogP) is 4.64. The number of rotatable bonds is 2. The largest absolute Gasteiger partial charge is 0.193 e. The van der Waals surface area contributed by atoms with E-state index < -0.39 is 8.07 Å². The molecule has 0 aliphatic carbocycles. The molecule has 0 radical (unpaired) electrons. The zero-order valence-corrected chi connectivity index (χ0v) is 12.4. The van der Waals surface area contributed by atoms with Crippen LogP contribution in [0.2, 0.25) is 18.1 Å². The smallest absolute Gasteiger partial charge is 0.0995 e. The minimum atomic E-state index is -1.72. The Kier molecular flexibility index (Phi) is 3.95. The van der Waals surface area contributed by atoms with E-state index in [-0.39, 0.29) is 5.04 Å². The van der Waals surface area contributed by atoms with Crippen LogP contribution in [0.5, 0.6) is 0 Å². The average Bonchev–Trinajstić information content (AvgIpc) is 2.25. The lowest BCUT2D eigenvalue weighted by Gasteiger charge is -2.36. The van der Waals surface area contributed by atoms with Crippen molar-refractivity contribution in [2.75, 3.05) is 0 Å². The van der Waals surface area contributed by atoms with Crippen LogP contribution in [0.25, 0.3) is 6.08 Å². The molecule has 1 aromatic rings. The summed E-state index contributed by atoms with van der Waals surface area (Å²) in [5.74, 6) is 0. The van der Waals surface area contributed by atoms with Crippen LogP contribution in [0.3, 0.4) is 0 Å². The van der Waals surface area contributed by atoms with E-state index in [1.165, 1.54) is 0 Å². The summed E-state index contributed by atoms with van der Waals surface area (Å²) in [6, 6.07) is 12.5. The summed E-state index contributed by atoms with van der Waals surface area (Å²) in [6.07, 6.45) is 2.05. The molecule has 0 aliphatic rings. The first kappa shape index (κ1) is 13.7. The fraction of sp³-hybridized carbons (Fsp3) is 0.400. The Morgan fingerprint density at radius 1 is 1.18 bits per heavy atom. The Hall–Kier alpha value is -1.33. The van der Waals surface area contributed by atoms with Gasteiger partial charge in [-0.15, -0.1) is 0 Å². The molecule has 0 heterocycles. The van der Waals surface area contributed by atoms with E-state index in [4.69, 9.17) is 0 Å². The molecule has 90 valence electrons. The summed E-state index contributed by atoms with van der Waals surface area (Å²) < 4.78 is 0. The third-order valence-electron chi connectivity index (χ3n) is 3.78. The van der Waals surface area contributed by atoms with E-state index in [2.05, 4.69) is 46.0 Å². The van der Waals surface area contributed by atoms with Gasteiger partial charge in [0.15, 0.2) is 0 Å². The van der Waals surface area contributed by atoms with Crippen LogP contribution >= 0.6 is 0 Å². The molecule has 1 rings (SSSR count). The molecule has 0 saturated carbocycles. The van der Waals surface area contributed by atoms with Crippen LogP contribution in [-0.4, -0.2) is 8.07 Å². The van der Waals surface area contributed by atoms with E-state index in [1.54, 1.807) is 0 Å². The fourth-order valence-corrected chi connectivity index (χ4v) is 3.09. The lowest BCUT2D eigenvalue weighted by molar-refractivity contribution is 0.727. The Morgan fingerprint density at radius 2 is 1.71 bits per heavy atom. The Bertz CT molecular complexity index is 444. The lowest BCUT2D eigenvalue weighted by atomic mass is 10.2. The van der Waals surface area contributed by atoms with Crippen molar-refractivity contribution < 1.29 is 0 Å². The molecule has 0 amide bonds. The zero-order chi connectivity index (χ0) is 13.1. The third-order valence-corrected chi connectivity index (χ3v) is 9.13. The number of benzene rings is 1. The second-order valence-electron chi connectivity index (χ2n) is 5.96. The van der Waals surface area contributed by atoms with Gasteiger partial charge < -0.3 is 0 Å². The van der Waals surface area contributed by atoms with Crippen LogP contribution in [0.1, 0.15) is 26.3 Å². The van der Waals surface area contributed by atoms with E-state index in [0.717, 1.165) is 10.8 Å². The monoisotopic (exact) mass is 243 g/mol. The van der Waals surface area contributed by atoms with Gasteiger partial charge in [0.05, 0.1) is 14.1 Å². The summed E-state index contributed by atoms with van der Waals surface area (Å²) in [5.41, 5.74) is 1.12. The van der Waals surface area contributed by atoms with E-state index in [0.29, 0.717) is 0 Å². The topological polar surface area (TPSA) is 23.8 Å². The molecule has 0 unspecified atom stereocenters. The summed E-state index contributed by atoms with van der Waals surface area (Å²) in [5, 5.41) is 10.6. The molecule has 0 bridgehead atoms.